The van der Waals surface area contributed by atoms with E-state index < -0.39 is 5.97 Å². The highest BCUT2D eigenvalue weighted by atomic mass is 32.1. The van der Waals surface area contributed by atoms with Gasteiger partial charge in [0.25, 0.3) is 5.91 Å². The Labute approximate surface area is 126 Å². The van der Waals surface area contributed by atoms with Gasteiger partial charge in [0.15, 0.2) is 0 Å². The van der Waals surface area contributed by atoms with Crippen LogP contribution in [0.15, 0.2) is 35.7 Å². The Hall–Kier alpha value is -2.40. The van der Waals surface area contributed by atoms with E-state index in [0.29, 0.717) is 5.56 Å². The first-order valence-corrected chi connectivity index (χ1v) is 7.22. The minimum atomic E-state index is -1.01. The molecule has 5 heteroatoms. The molecule has 1 amide bonds. The van der Waals surface area contributed by atoms with Crippen molar-refractivity contribution in [2.24, 2.45) is 0 Å². The first-order valence-electron chi connectivity index (χ1n) is 6.34. The maximum absolute atomic E-state index is 12.2. The van der Waals surface area contributed by atoms with Crippen LogP contribution in [0.25, 0.3) is 6.08 Å². The standard InChI is InChI=1S/C16H15NO3S/c1-10-4-3-5-14(11(10)2)17-16(20)12-8-13(21-9-12)6-7-15(18)19/h3-9H,1-2H3,(H,17,20)(H,18,19). The molecule has 21 heavy (non-hydrogen) atoms. The number of carbonyl (C=O) groups is 2. The number of nitrogens with one attached hydrogen (secondary N) is 1. The van der Waals surface area contributed by atoms with Crippen LogP contribution in [0.3, 0.4) is 0 Å². The van der Waals surface area contributed by atoms with Gasteiger partial charge in [0.05, 0.1) is 5.56 Å². The van der Waals surface area contributed by atoms with Gasteiger partial charge >= 0.3 is 5.97 Å². The third kappa shape index (κ3) is 3.79. The van der Waals surface area contributed by atoms with E-state index in [-0.39, 0.29) is 5.91 Å². The lowest BCUT2D eigenvalue weighted by atomic mass is 10.1. The Bertz CT molecular complexity index is 716. The zero-order chi connectivity index (χ0) is 15.4. The van der Waals surface area contributed by atoms with Gasteiger partial charge in [-0.25, -0.2) is 4.79 Å². The van der Waals surface area contributed by atoms with E-state index in [1.165, 1.54) is 17.4 Å². The van der Waals surface area contributed by atoms with Crippen molar-refractivity contribution < 1.29 is 14.7 Å². The molecule has 0 spiro atoms. The van der Waals surface area contributed by atoms with Gasteiger partial charge in [-0.15, -0.1) is 11.3 Å². The van der Waals surface area contributed by atoms with Crippen LogP contribution in [-0.4, -0.2) is 17.0 Å². The summed E-state index contributed by atoms with van der Waals surface area (Å²) in [6, 6.07) is 7.42. The highest BCUT2D eigenvalue weighted by Crippen LogP contribution is 2.21. The summed E-state index contributed by atoms with van der Waals surface area (Å²) in [4.78, 5) is 23.4. The Morgan fingerprint density at radius 3 is 2.76 bits per heavy atom. The summed E-state index contributed by atoms with van der Waals surface area (Å²) in [5.74, 6) is -1.21. The molecular formula is C16H15NO3S. The van der Waals surface area contributed by atoms with Crippen molar-refractivity contribution in [3.63, 3.8) is 0 Å². The number of carbonyl (C=O) groups excluding carboxylic acids is 1. The van der Waals surface area contributed by atoms with Crippen molar-refractivity contribution in [3.05, 3.63) is 57.3 Å². The molecule has 0 saturated carbocycles. The van der Waals surface area contributed by atoms with Gasteiger partial charge in [-0.05, 0) is 43.2 Å². The molecule has 2 aromatic rings. The fourth-order valence-corrected chi connectivity index (χ4v) is 2.57. The topological polar surface area (TPSA) is 66.4 Å². The first kappa shape index (κ1) is 15.0. The maximum Gasteiger partial charge on any atom is 0.328 e. The summed E-state index contributed by atoms with van der Waals surface area (Å²) >= 11 is 1.33. The average molecular weight is 301 g/mol. The quantitative estimate of drug-likeness (QED) is 0.846. The van der Waals surface area contributed by atoms with E-state index in [1.807, 2.05) is 32.0 Å². The number of benzene rings is 1. The Morgan fingerprint density at radius 2 is 2.05 bits per heavy atom. The number of carboxylic acids is 1. The summed E-state index contributed by atoms with van der Waals surface area (Å²) in [7, 11) is 0. The molecule has 0 aliphatic carbocycles. The van der Waals surface area contributed by atoms with Gasteiger partial charge in [-0.1, -0.05) is 12.1 Å². The Balaban J connectivity index is 2.14. The van der Waals surface area contributed by atoms with Crippen molar-refractivity contribution in [2.75, 3.05) is 5.32 Å². The monoisotopic (exact) mass is 301 g/mol. The van der Waals surface area contributed by atoms with E-state index >= 15 is 0 Å². The van der Waals surface area contributed by atoms with Crippen molar-refractivity contribution in [1.82, 2.24) is 0 Å². The van der Waals surface area contributed by atoms with Crippen LogP contribution in [0, 0.1) is 13.8 Å². The van der Waals surface area contributed by atoms with Crippen LogP contribution in [0.4, 0.5) is 5.69 Å². The number of amides is 1. The molecule has 0 saturated heterocycles. The fourth-order valence-electron chi connectivity index (χ4n) is 1.79. The highest BCUT2D eigenvalue weighted by molar-refractivity contribution is 7.11. The molecule has 1 heterocycles. The summed E-state index contributed by atoms with van der Waals surface area (Å²) in [6.07, 6.45) is 2.53. The third-order valence-electron chi connectivity index (χ3n) is 3.12. The van der Waals surface area contributed by atoms with Crippen LogP contribution in [0.1, 0.15) is 26.4 Å². The number of carboxylic acid groups (broad SMARTS) is 1. The molecule has 0 unspecified atom stereocenters. The zero-order valence-corrected chi connectivity index (χ0v) is 12.5. The van der Waals surface area contributed by atoms with E-state index in [4.69, 9.17) is 5.11 Å². The van der Waals surface area contributed by atoms with Crippen molar-refractivity contribution >= 4 is 35.0 Å². The molecule has 2 N–H and O–H groups in total. The van der Waals surface area contributed by atoms with Crippen molar-refractivity contribution in [3.8, 4) is 0 Å². The number of hydrogen-bond donors (Lipinski definition) is 2. The van der Waals surface area contributed by atoms with Gasteiger partial charge in [0.2, 0.25) is 0 Å². The van der Waals surface area contributed by atoms with Gasteiger partial charge in [0, 0.05) is 22.0 Å². The largest absolute Gasteiger partial charge is 0.478 e. The molecule has 1 aromatic heterocycles. The number of aliphatic carboxylic acids is 1. The molecule has 0 fully saturated rings. The van der Waals surface area contributed by atoms with Gasteiger partial charge in [0.1, 0.15) is 0 Å². The number of thiophene rings is 1. The lowest BCUT2D eigenvalue weighted by Gasteiger charge is -2.09. The van der Waals surface area contributed by atoms with E-state index in [9.17, 15) is 9.59 Å². The predicted molar refractivity (Wildman–Crippen MR) is 84.9 cm³/mol. The second kappa shape index (κ2) is 6.37. The SMILES string of the molecule is Cc1cccc(NC(=O)c2csc(C=CC(=O)O)c2)c1C. The molecule has 108 valence electrons. The van der Waals surface area contributed by atoms with Gasteiger partial charge in [-0.3, -0.25) is 4.79 Å². The average Bonchev–Trinajstić information content (AvgIpc) is 2.90. The summed E-state index contributed by atoms with van der Waals surface area (Å²) in [6.45, 7) is 3.95. The Morgan fingerprint density at radius 1 is 1.29 bits per heavy atom. The van der Waals surface area contributed by atoms with E-state index in [1.54, 1.807) is 11.4 Å². The lowest BCUT2D eigenvalue weighted by molar-refractivity contribution is -0.131. The molecule has 0 atom stereocenters. The molecule has 4 nitrogen and oxygen atoms in total. The Kier molecular flexibility index (Phi) is 4.55. The van der Waals surface area contributed by atoms with E-state index in [2.05, 4.69) is 5.32 Å². The molecular weight excluding hydrogens is 286 g/mol. The lowest BCUT2D eigenvalue weighted by Crippen LogP contribution is -2.12. The molecule has 0 radical (unpaired) electrons. The fraction of sp³-hybridized carbons (Fsp3) is 0.125. The summed E-state index contributed by atoms with van der Waals surface area (Å²) in [5, 5.41) is 13.2. The molecule has 0 aliphatic rings. The summed E-state index contributed by atoms with van der Waals surface area (Å²) < 4.78 is 0. The smallest absolute Gasteiger partial charge is 0.328 e. The number of hydrogen-bond acceptors (Lipinski definition) is 3. The van der Waals surface area contributed by atoms with Crippen LogP contribution < -0.4 is 5.32 Å². The van der Waals surface area contributed by atoms with Gasteiger partial charge < -0.3 is 10.4 Å². The second-order valence-corrected chi connectivity index (χ2v) is 5.55. The van der Waals surface area contributed by atoms with E-state index in [0.717, 1.165) is 27.8 Å². The summed E-state index contributed by atoms with van der Waals surface area (Å²) in [5.41, 5.74) is 3.45. The van der Waals surface area contributed by atoms with Crippen molar-refractivity contribution in [2.45, 2.75) is 13.8 Å². The van der Waals surface area contributed by atoms with Crippen LogP contribution in [0.2, 0.25) is 0 Å². The minimum absolute atomic E-state index is 0.199. The van der Waals surface area contributed by atoms with Crippen molar-refractivity contribution in [1.29, 1.82) is 0 Å². The number of rotatable bonds is 4. The first-order chi connectivity index (χ1) is 9.97. The normalized spacial score (nSPS) is 10.8. The van der Waals surface area contributed by atoms with Crippen LogP contribution in [-0.2, 0) is 4.79 Å². The van der Waals surface area contributed by atoms with Crippen LogP contribution >= 0.6 is 11.3 Å². The number of anilines is 1. The molecule has 0 bridgehead atoms. The third-order valence-corrected chi connectivity index (χ3v) is 4.02. The predicted octanol–water partition coefficient (Wildman–Crippen LogP) is 3.72. The zero-order valence-electron chi connectivity index (χ0n) is 11.7. The molecule has 0 aliphatic heterocycles. The number of aryl methyl sites for hydroxylation is 1. The molecule has 2 rings (SSSR count). The molecule has 1 aromatic carbocycles. The highest BCUT2D eigenvalue weighted by Gasteiger charge is 2.10. The minimum Gasteiger partial charge on any atom is -0.478 e. The van der Waals surface area contributed by atoms with Gasteiger partial charge in [-0.2, -0.15) is 0 Å². The second-order valence-electron chi connectivity index (χ2n) is 4.61. The van der Waals surface area contributed by atoms with Crippen LogP contribution in [0.5, 0.6) is 0 Å². The maximum atomic E-state index is 12.2.